The van der Waals surface area contributed by atoms with E-state index in [0.29, 0.717) is 0 Å². The van der Waals surface area contributed by atoms with Gasteiger partial charge >= 0.3 is 34.8 Å². The summed E-state index contributed by atoms with van der Waals surface area (Å²) < 4.78 is 0. The van der Waals surface area contributed by atoms with Gasteiger partial charge in [0.25, 0.3) is 0 Å². The maximum absolute atomic E-state index is 4.89. The second-order valence-corrected chi connectivity index (χ2v) is 6.87. The van der Waals surface area contributed by atoms with Gasteiger partial charge in [0.15, 0.2) is 0 Å². The van der Waals surface area contributed by atoms with E-state index in [1.54, 1.807) is 0 Å². The first-order chi connectivity index (χ1) is 8.36. The number of hydrogen-bond donors (Lipinski definition) is 0. The second-order valence-electron chi connectivity index (χ2n) is 3.41. The van der Waals surface area contributed by atoms with Crippen molar-refractivity contribution in [3.63, 3.8) is 0 Å². The van der Waals surface area contributed by atoms with Gasteiger partial charge in [-0.1, -0.05) is 42.5 Å². The molecule has 0 aliphatic heterocycles. The molecule has 0 amide bonds. The molecule has 0 spiro atoms. The van der Waals surface area contributed by atoms with Crippen LogP contribution in [-0.4, -0.2) is 4.98 Å². The first-order valence-electron chi connectivity index (χ1n) is 4.93. The van der Waals surface area contributed by atoms with Gasteiger partial charge in [-0.2, -0.15) is 0 Å². The third kappa shape index (κ3) is 2.97. The van der Waals surface area contributed by atoms with E-state index in [2.05, 4.69) is 35.3 Å². The number of hydrogen-bond acceptors (Lipinski definition) is 1. The zero-order chi connectivity index (χ0) is 12.1. The molecule has 0 radical (unpaired) electrons. The Labute approximate surface area is 116 Å². The molecule has 0 fully saturated rings. The molecule has 0 bridgehead atoms. The summed E-state index contributed by atoms with van der Waals surface area (Å²) in [5.41, 5.74) is 1.06. The molecular weight excluding hydrogens is 433 g/mol. The number of halogens is 2. The fourth-order valence-electron chi connectivity index (χ4n) is 1.81. The Morgan fingerprint density at radius 3 is 2.18 bits per heavy atom. The predicted molar refractivity (Wildman–Crippen MR) is 71.0 cm³/mol. The van der Waals surface area contributed by atoms with E-state index in [0.717, 1.165) is 5.52 Å². The van der Waals surface area contributed by atoms with Gasteiger partial charge < -0.3 is 0 Å². The van der Waals surface area contributed by atoms with Crippen molar-refractivity contribution in [3.8, 4) is 0 Å². The summed E-state index contributed by atoms with van der Waals surface area (Å²) in [6, 6.07) is 16.6. The minimum atomic E-state index is -0.556. The Morgan fingerprint density at radius 2 is 1.41 bits per heavy atom. The Kier molecular flexibility index (Phi) is 4.75. The van der Waals surface area contributed by atoms with Crippen molar-refractivity contribution in [1.29, 1.82) is 0 Å². The van der Waals surface area contributed by atoms with Crippen molar-refractivity contribution in [1.82, 2.24) is 4.98 Å². The van der Waals surface area contributed by atoms with Crippen molar-refractivity contribution >= 4 is 40.8 Å². The number of nitrogens with zero attached hydrogens (tertiary/aromatic N) is 1. The van der Waals surface area contributed by atoms with Gasteiger partial charge in [0.1, 0.15) is 0 Å². The van der Waals surface area contributed by atoms with Gasteiger partial charge in [0.05, 0.1) is 5.52 Å². The topological polar surface area (TPSA) is 12.9 Å². The molecule has 0 aliphatic carbocycles. The molecule has 1 aromatic heterocycles. The van der Waals surface area contributed by atoms with Crippen molar-refractivity contribution in [3.05, 3.63) is 54.7 Å². The summed E-state index contributed by atoms with van der Waals surface area (Å²) >= 11 is -0.556. The van der Waals surface area contributed by atoms with Crippen molar-refractivity contribution in [2.75, 3.05) is 0 Å². The minimum absolute atomic E-state index is 0.556. The maximum Gasteiger partial charge on any atom is 0.0708 e. The van der Waals surface area contributed by atoms with E-state index in [4.69, 9.17) is 19.2 Å². The standard InChI is InChI=1S/C13H9N.2ClH.Ir/c1-2-6-11-10(5-1)9-14-13-8-4-3-7-12(11)13;;;/h1-9H;2*1H;/q;;;+3/p-2. The fourth-order valence-corrected chi connectivity index (χ4v) is 1.81. The second kappa shape index (κ2) is 6.32. The van der Waals surface area contributed by atoms with E-state index in [1.807, 2.05) is 24.4 Å². The normalized spacial score (nSPS) is 10.2. The van der Waals surface area contributed by atoms with Gasteiger partial charge in [-0.05, 0) is 11.5 Å². The monoisotopic (exact) mass is 442 g/mol. The molecule has 0 unspecified atom stereocenters. The largest absolute Gasteiger partial charge is 0.256 e. The average Bonchev–Trinajstić information content (AvgIpc) is 2.40. The summed E-state index contributed by atoms with van der Waals surface area (Å²) in [6.45, 7) is 0. The molecule has 1 nitrogen and oxygen atoms in total. The average molecular weight is 442 g/mol. The molecule has 88 valence electrons. The molecule has 0 N–H and O–H groups in total. The van der Waals surface area contributed by atoms with Crippen LogP contribution in [0.15, 0.2) is 54.7 Å². The molecule has 17 heavy (non-hydrogen) atoms. The number of pyridine rings is 1. The van der Waals surface area contributed by atoms with E-state index < -0.39 is 15.7 Å². The molecule has 3 rings (SSSR count). The third-order valence-electron chi connectivity index (χ3n) is 2.50. The van der Waals surface area contributed by atoms with Crippen LogP contribution in [0.3, 0.4) is 0 Å². The quantitative estimate of drug-likeness (QED) is 0.458. The number of benzene rings is 2. The molecule has 0 saturated carbocycles. The van der Waals surface area contributed by atoms with Crippen LogP contribution in [0.4, 0.5) is 0 Å². The molecule has 1 heterocycles. The number of aromatic nitrogens is 1. The van der Waals surface area contributed by atoms with Crippen LogP contribution in [0.5, 0.6) is 0 Å². The molecule has 3 aromatic rings. The minimum Gasteiger partial charge on any atom is -0.256 e. The van der Waals surface area contributed by atoms with Crippen molar-refractivity contribution in [2.24, 2.45) is 0 Å². The van der Waals surface area contributed by atoms with Crippen LogP contribution in [0.25, 0.3) is 21.7 Å². The van der Waals surface area contributed by atoms with Crippen LogP contribution < -0.4 is 0 Å². The molecule has 0 aliphatic rings. The summed E-state index contributed by atoms with van der Waals surface area (Å²) in [7, 11) is 9.78. The zero-order valence-electron chi connectivity index (χ0n) is 8.73. The maximum atomic E-state index is 4.89. The Morgan fingerprint density at radius 1 is 0.824 bits per heavy atom. The van der Waals surface area contributed by atoms with Crippen molar-refractivity contribution < 1.29 is 15.7 Å². The van der Waals surface area contributed by atoms with E-state index in [-0.39, 0.29) is 0 Å². The molecule has 4 heteroatoms. The summed E-state index contributed by atoms with van der Waals surface area (Å²) in [4.78, 5) is 4.41. The molecule has 0 atom stereocenters. The van der Waals surface area contributed by atoms with Gasteiger partial charge in [0.2, 0.25) is 0 Å². The Hall–Kier alpha value is -0.661. The van der Waals surface area contributed by atoms with E-state index in [9.17, 15) is 0 Å². The molecule has 2 aromatic carbocycles. The van der Waals surface area contributed by atoms with Crippen molar-refractivity contribution in [2.45, 2.75) is 0 Å². The van der Waals surface area contributed by atoms with Crippen LogP contribution in [-0.2, 0) is 15.7 Å². The predicted octanol–water partition coefficient (Wildman–Crippen LogP) is 4.76. The van der Waals surface area contributed by atoms with Crippen LogP contribution in [0.2, 0.25) is 0 Å². The van der Waals surface area contributed by atoms with Crippen LogP contribution in [0.1, 0.15) is 0 Å². The molecule has 0 saturated heterocycles. The molecular formula is C13H9Cl2IrN+. The Bertz CT molecular complexity index is 573. The van der Waals surface area contributed by atoms with E-state index in [1.165, 1.54) is 16.2 Å². The first kappa shape index (κ1) is 12.8. The fraction of sp³-hybridized carbons (Fsp3) is 0. The summed E-state index contributed by atoms with van der Waals surface area (Å²) in [6.07, 6.45) is 1.93. The zero-order valence-corrected chi connectivity index (χ0v) is 12.6. The third-order valence-corrected chi connectivity index (χ3v) is 2.50. The first-order valence-corrected chi connectivity index (χ1v) is 10.9. The summed E-state index contributed by atoms with van der Waals surface area (Å²) in [5.74, 6) is 0. The smallest absolute Gasteiger partial charge is 0.0708 e. The van der Waals surface area contributed by atoms with Crippen LogP contribution >= 0.6 is 19.2 Å². The number of para-hydroxylation sites is 1. The summed E-state index contributed by atoms with van der Waals surface area (Å²) in [5, 5.41) is 3.70. The van der Waals surface area contributed by atoms with E-state index >= 15 is 0 Å². The van der Waals surface area contributed by atoms with Crippen LogP contribution in [0, 0.1) is 0 Å². The number of rotatable bonds is 0. The van der Waals surface area contributed by atoms with Gasteiger partial charge in [-0.3, -0.25) is 4.98 Å². The van der Waals surface area contributed by atoms with Gasteiger partial charge in [-0.15, -0.1) is 0 Å². The Balaban J connectivity index is 0.000000329. The SMILES string of the molecule is [Cl][Ir+][Cl].c1ccc2c(c1)cnc1ccccc12. The number of fused-ring (bicyclic) bond motifs is 3. The van der Waals surface area contributed by atoms with Gasteiger partial charge in [0, 0.05) is 17.0 Å². The van der Waals surface area contributed by atoms with Gasteiger partial charge in [-0.25, -0.2) is 0 Å².